The zero-order chi connectivity index (χ0) is 21.8. The molecule has 2 aromatic carbocycles. The second-order valence-corrected chi connectivity index (χ2v) is 6.51. The van der Waals surface area contributed by atoms with Crippen LogP contribution in [-0.4, -0.2) is 41.1 Å². The van der Waals surface area contributed by atoms with Crippen LogP contribution in [0.2, 0.25) is 0 Å². The number of ether oxygens (including phenoxy) is 2. The van der Waals surface area contributed by atoms with Crippen LogP contribution >= 0.6 is 0 Å². The minimum Gasteiger partial charge on any atom is -0.493 e. The van der Waals surface area contributed by atoms with Crippen LogP contribution in [0.4, 0.5) is 9.18 Å². The van der Waals surface area contributed by atoms with Crippen LogP contribution in [-0.2, 0) is 16.1 Å². The fraction of sp³-hybridized carbons (Fsp3) is 0.190. The molecule has 1 aliphatic rings. The summed E-state index contributed by atoms with van der Waals surface area (Å²) in [5, 5.41) is 11.5. The molecule has 0 aromatic heterocycles. The lowest BCUT2D eigenvalue weighted by Gasteiger charge is -2.14. The zero-order valence-electron chi connectivity index (χ0n) is 16.2. The van der Waals surface area contributed by atoms with Crippen LogP contribution in [0.15, 0.2) is 48.2 Å². The van der Waals surface area contributed by atoms with Gasteiger partial charge in [-0.05, 0) is 48.4 Å². The molecular weight excluding hydrogens is 395 g/mol. The van der Waals surface area contributed by atoms with Crippen molar-refractivity contribution in [3.8, 4) is 11.5 Å². The topological polar surface area (TPSA) is 105 Å². The van der Waals surface area contributed by atoms with Gasteiger partial charge < -0.3 is 19.9 Å². The number of carbonyl (C=O) groups is 3. The first-order chi connectivity index (χ1) is 14.3. The maximum Gasteiger partial charge on any atom is 0.344 e. The number of benzene rings is 2. The van der Waals surface area contributed by atoms with Gasteiger partial charge >= 0.3 is 12.0 Å². The Labute approximate surface area is 171 Å². The molecule has 1 aliphatic heterocycles. The molecule has 2 aromatic rings. The van der Waals surface area contributed by atoms with E-state index in [-0.39, 0.29) is 23.7 Å². The lowest BCUT2D eigenvalue weighted by atomic mass is 10.1. The van der Waals surface area contributed by atoms with E-state index < -0.39 is 29.8 Å². The first kappa shape index (κ1) is 20.8. The monoisotopic (exact) mass is 414 g/mol. The number of urea groups is 1. The van der Waals surface area contributed by atoms with Crippen molar-refractivity contribution in [2.75, 3.05) is 7.11 Å². The molecule has 9 heteroatoms. The van der Waals surface area contributed by atoms with Gasteiger partial charge in [0.1, 0.15) is 11.5 Å². The van der Waals surface area contributed by atoms with Gasteiger partial charge in [0.2, 0.25) is 0 Å². The summed E-state index contributed by atoms with van der Waals surface area (Å²) in [6.07, 6.45) is 0.400. The van der Waals surface area contributed by atoms with E-state index in [2.05, 4.69) is 5.32 Å². The first-order valence-electron chi connectivity index (χ1n) is 8.95. The summed E-state index contributed by atoms with van der Waals surface area (Å²) >= 11 is 0. The highest BCUT2D eigenvalue weighted by atomic mass is 19.1. The highest BCUT2D eigenvalue weighted by Crippen LogP contribution is 2.30. The quantitative estimate of drug-likeness (QED) is 0.533. The molecule has 30 heavy (non-hydrogen) atoms. The number of hydrogen-bond donors (Lipinski definition) is 2. The van der Waals surface area contributed by atoms with Crippen molar-refractivity contribution in [2.24, 2.45) is 0 Å². The number of carboxylic acid groups (broad SMARTS) is 1. The van der Waals surface area contributed by atoms with Crippen molar-refractivity contribution in [3.05, 3.63) is 65.1 Å². The summed E-state index contributed by atoms with van der Waals surface area (Å²) in [5.41, 5.74) is 1.21. The second kappa shape index (κ2) is 8.64. The molecule has 0 radical (unpaired) electrons. The predicted molar refractivity (Wildman–Crippen MR) is 104 cm³/mol. The number of aliphatic carboxylic acids is 1. The van der Waals surface area contributed by atoms with Crippen LogP contribution < -0.4 is 14.8 Å². The largest absolute Gasteiger partial charge is 0.493 e. The molecule has 1 saturated heterocycles. The SMILES string of the molecule is COc1cc(/C=C2/NC(=O)N(Cc3ccc(F)cc3)C2=O)ccc1O[C@H](C)C(=O)O. The van der Waals surface area contributed by atoms with Gasteiger partial charge in [0.25, 0.3) is 5.91 Å². The molecule has 1 heterocycles. The van der Waals surface area contributed by atoms with Crippen molar-refractivity contribution < 1.29 is 33.4 Å². The third-order valence-corrected chi connectivity index (χ3v) is 4.37. The number of hydrogen-bond acceptors (Lipinski definition) is 5. The first-order valence-corrected chi connectivity index (χ1v) is 8.95. The lowest BCUT2D eigenvalue weighted by molar-refractivity contribution is -0.144. The maximum absolute atomic E-state index is 13.0. The van der Waals surface area contributed by atoms with E-state index in [1.165, 1.54) is 50.4 Å². The number of nitrogens with zero attached hydrogens (tertiary/aromatic N) is 1. The number of nitrogens with one attached hydrogen (secondary N) is 1. The Hall–Kier alpha value is -3.88. The van der Waals surface area contributed by atoms with Crippen LogP contribution in [0.5, 0.6) is 11.5 Å². The molecule has 3 rings (SSSR count). The van der Waals surface area contributed by atoms with Gasteiger partial charge in [-0.2, -0.15) is 0 Å². The van der Waals surface area contributed by atoms with Gasteiger partial charge in [-0.1, -0.05) is 18.2 Å². The van der Waals surface area contributed by atoms with Gasteiger partial charge in [0, 0.05) is 0 Å². The van der Waals surface area contributed by atoms with Crippen molar-refractivity contribution >= 4 is 24.0 Å². The molecule has 0 spiro atoms. The maximum atomic E-state index is 13.0. The molecule has 0 aliphatic carbocycles. The highest BCUT2D eigenvalue weighted by Gasteiger charge is 2.33. The average Bonchev–Trinajstić information content (AvgIpc) is 2.97. The van der Waals surface area contributed by atoms with Gasteiger partial charge in [-0.15, -0.1) is 0 Å². The van der Waals surface area contributed by atoms with Gasteiger partial charge in [0.15, 0.2) is 17.6 Å². The third-order valence-electron chi connectivity index (χ3n) is 4.37. The van der Waals surface area contributed by atoms with E-state index in [0.717, 1.165) is 4.90 Å². The number of halogens is 1. The highest BCUT2D eigenvalue weighted by molar-refractivity contribution is 6.13. The van der Waals surface area contributed by atoms with E-state index in [1.54, 1.807) is 12.1 Å². The summed E-state index contributed by atoms with van der Waals surface area (Å²) < 4.78 is 23.6. The number of methoxy groups -OCH3 is 1. The summed E-state index contributed by atoms with van der Waals surface area (Å²) in [6, 6.07) is 9.59. The normalized spacial score (nSPS) is 15.8. The molecule has 8 nitrogen and oxygen atoms in total. The Morgan fingerprint density at radius 1 is 1.20 bits per heavy atom. The second-order valence-electron chi connectivity index (χ2n) is 6.51. The Morgan fingerprint density at radius 3 is 2.53 bits per heavy atom. The number of imide groups is 1. The van der Waals surface area contributed by atoms with Crippen molar-refractivity contribution in [3.63, 3.8) is 0 Å². The third kappa shape index (κ3) is 4.57. The van der Waals surface area contributed by atoms with Gasteiger partial charge in [0.05, 0.1) is 13.7 Å². The fourth-order valence-corrected chi connectivity index (χ4v) is 2.77. The van der Waals surface area contributed by atoms with Gasteiger partial charge in [-0.3, -0.25) is 9.69 Å². The minimum absolute atomic E-state index is 0.00542. The molecular formula is C21H19FN2O6. The standard InChI is InChI=1S/C21H19FN2O6/c1-12(20(26)27)30-17-8-5-14(10-18(17)29-2)9-16-19(25)24(21(28)23-16)11-13-3-6-15(22)7-4-13/h3-10,12H,11H2,1-2H3,(H,23,28)(H,26,27)/b16-9+/t12-/m1/s1. The van der Waals surface area contributed by atoms with Crippen molar-refractivity contribution in [1.29, 1.82) is 0 Å². The zero-order valence-corrected chi connectivity index (χ0v) is 16.2. The van der Waals surface area contributed by atoms with E-state index in [1.807, 2.05) is 0 Å². The Balaban J connectivity index is 1.79. The molecule has 1 fully saturated rings. The van der Waals surface area contributed by atoms with Crippen LogP contribution in [0.1, 0.15) is 18.1 Å². The molecule has 0 bridgehead atoms. The summed E-state index contributed by atoms with van der Waals surface area (Å²) in [4.78, 5) is 36.8. The van der Waals surface area contributed by atoms with Crippen molar-refractivity contribution in [1.82, 2.24) is 10.2 Å². The van der Waals surface area contributed by atoms with Crippen LogP contribution in [0.3, 0.4) is 0 Å². The van der Waals surface area contributed by atoms with Crippen LogP contribution in [0, 0.1) is 5.82 Å². The van der Waals surface area contributed by atoms with E-state index in [4.69, 9.17) is 14.6 Å². The molecule has 1 atom stereocenters. The average molecular weight is 414 g/mol. The number of rotatable bonds is 7. The van der Waals surface area contributed by atoms with Crippen LogP contribution in [0.25, 0.3) is 6.08 Å². The number of carbonyl (C=O) groups excluding carboxylic acids is 2. The smallest absolute Gasteiger partial charge is 0.344 e. The van der Waals surface area contributed by atoms with E-state index in [9.17, 15) is 18.8 Å². The lowest BCUT2D eigenvalue weighted by Crippen LogP contribution is -2.30. The summed E-state index contributed by atoms with van der Waals surface area (Å²) in [7, 11) is 1.40. The van der Waals surface area contributed by atoms with E-state index >= 15 is 0 Å². The summed E-state index contributed by atoms with van der Waals surface area (Å²) in [5.74, 6) is -1.55. The number of carboxylic acids is 1. The molecule has 3 amide bonds. The van der Waals surface area contributed by atoms with Crippen molar-refractivity contribution in [2.45, 2.75) is 19.6 Å². The molecule has 2 N–H and O–H groups in total. The molecule has 0 unspecified atom stereocenters. The Kier molecular flexibility index (Phi) is 6.01. The van der Waals surface area contributed by atoms with E-state index in [0.29, 0.717) is 11.1 Å². The summed E-state index contributed by atoms with van der Waals surface area (Å²) in [6.45, 7) is 1.39. The molecule has 0 saturated carbocycles. The Morgan fingerprint density at radius 2 is 1.90 bits per heavy atom. The molecule has 156 valence electrons. The minimum atomic E-state index is -1.12. The number of amides is 3. The van der Waals surface area contributed by atoms with Gasteiger partial charge in [-0.25, -0.2) is 14.0 Å². The Bertz CT molecular complexity index is 1020. The fourth-order valence-electron chi connectivity index (χ4n) is 2.77. The predicted octanol–water partition coefficient (Wildman–Crippen LogP) is 2.78.